The van der Waals surface area contributed by atoms with E-state index in [1.54, 1.807) is 46.3 Å². The maximum Gasteiger partial charge on any atom is 0.257 e. The van der Waals surface area contributed by atoms with Crippen LogP contribution in [0.2, 0.25) is 0 Å². The molecular weight excluding hydrogens is 320 g/mol. The smallest absolute Gasteiger partial charge is 0.257 e. The number of likely N-dealkylation sites (tertiary alicyclic amines) is 1. The zero-order chi connectivity index (χ0) is 17.4. The number of piperidine rings is 1. The van der Waals surface area contributed by atoms with Gasteiger partial charge in [0.1, 0.15) is 6.33 Å². The van der Waals surface area contributed by atoms with Gasteiger partial charge >= 0.3 is 0 Å². The second kappa shape index (κ2) is 5.94. The van der Waals surface area contributed by atoms with Gasteiger partial charge in [0, 0.05) is 32.9 Å². The summed E-state index contributed by atoms with van der Waals surface area (Å²) in [6.45, 7) is 1.78. The third-order valence-electron chi connectivity index (χ3n) is 5.19. The molecule has 0 unspecified atom stereocenters. The Balaban J connectivity index is 1.54. The van der Waals surface area contributed by atoms with Gasteiger partial charge in [-0.05, 0) is 19.3 Å². The number of rotatable bonds is 2. The first-order valence-corrected chi connectivity index (χ1v) is 8.44. The molecule has 0 bridgehead atoms. The van der Waals surface area contributed by atoms with Gasteiger partial charge in [0.05, 0.1) is 35.3 Å². The van der Waals surface area contributed by atoms with Gasteiger partial charge in [0.2, 0.25) is 5.91 Å². The van der Waals surface area contributed by atoms with Crippen LogP contribution < -0.4 is 4.90 Å². The van der Waals surface area contributed by atoms with Crippen LogP contribution in [0.3, 0.4) is 0 Å². The zero-order valence-electron chi connectivity index (χ0n) is 14.1. The molecule has 8 heteroatoms. The fraction of sp³-hybridized carbons (Fsp3) is 0.471. The molecule has 2 aliphatic rings. The van der Waals surface area contributed by atoms with Crippen LogP contribution in [0.1, 0.15) is 29.6 Å². The molecule has 2 fully saturated rings. The molecule has 2 aliphatic heterocycles. The number of amides is 2. The van der Waals surface area contributed by atoms with Crippen molar-refractivity contribution >= 4 is 17.5 Å². The molecule has 0 N–H and O–H groups in total. The van der Waals surface area contributed by atoms with E-state index in [2.05, 4.69) is 15.1 Å². The van der Waals surface area contributed by atoms with E-state index in [1.165, 1.54) is 6.33 Å². The van der Waals surface area contributed by atoms with Crippen molar-refractivity contribution in [3.05, 3.63) is 36.7 Å². The molecule has 1 atom stereocenters. The minimum Gasteiger partial charge on any atom is -0.337 e. The van der Waals surface area contributed by atoms with Crippen LogP contribution in [0.25, 0.3) is 0 Å². The summed E-state index contributed by atoms with van der Waals surface area (Å²) in [4.78, 5) is 37.4. The van der Waals surface area contributed by atoms with E-state index in [1.807, 2.05) is 0 Å². The predicted molar refractivity (Wildman–Crippen MR) is 89.8 cm³/mol. The SMILES string of the molecule is Cn1cc(C(=O)N2CCC[C@@]3(CCN(c4cncnc4)C3=O)C2)cn1. The average Bonchev–Trinajstić information content (AvgIpc) is 3.20. The summed E-state index contributed by atoms with van der Waals surface area (Å²) < 4.78 is 1.62. The molecule has 4 heterocycles. The molecule has 1 spiro atoms. The quantitative estimate of drug-likeness (QED) is 0.810. The summed E-state index contributed by atoms with van der Waals surface area (Å²) in [5, 5.41) is 4.07. The monoisotopic (exact) mass is 340 g/mol. The second-order valence-electron chi connectivity index (χ2n) is 6.82. The molecule has 0 aromatic carbocycles. The first-order valence-electron chi connectivity index (χ1n) is 8.44. The van der Waals surface area contributed by atoms with Gasteiger partial charge < -0.3 is 9.80 Å². The van der Waals surface area contributed by atoms with Gasteiger partial charge in [-0.15, -0.1) is 0 Å². The number of hydrogen-bond donors (Lipinski definition) is 0. The van der Waals surface area contributed by atoms with Crippen molar-refractivity contribution < 1.29 is 9.59 Å². The fourth-order valence-electron chi connectivity index (χ4n) is 3.90. The summed E-state index contributed by atoms with van der Waals surface area (Å²) in [6.07, 6.45) is 10.5. The van der Waals surface area contributed by atoms with E-state index in [0.717, 1.165) is 24.9 Å². The van der Waals surface area contributed by atoms with Gasteiger partial charge in [-0.3, -0.25) is 14.3 Å². The lowest BCUT2D eigenvalue weighted by atomic mass is 9.78. The van der Waals surface area contributed by atoms with Crippen molar-refractivity contribution in [2.24, 2.45) is 12.5 Å². The number of carbonyl (C=O) groups is 2. The molecule has 0 saturated carbocycles. The highest BCUT2D eigenvalue weighted by atomic mass is 16.2. The summed E-state index contributed by atoms with van der Waals surface area (Å²) in [6, 6.07) is 0. The number of nitrogens with zero attached hydrogens (tertiary/aromatic N) is 6. The fourth-order valence-corrected chi connectivity index (χ4v) is 3.90. The summed E-state index contributed by atoms with van der Waals surface area (Å²) >= 11 is 0. The molecule has 8 nitrogen and oxygen atoms in total. The van der Waals surface area contributed by atoms with E-state index in [4.69, 9.17) is 0 Å². The van der Waals surface area contributed by atoms with Crippen molar-refractivity contribution in [1.29, 1.82) is 0 Å². The van der Waals surface area contributed by atoms with Crippen LogP contribution in [-0.4, -0.2) is 56.1 Å². The van der Waals surface area contributed by atoms with Gasteiger partial charge in [-0.2, -0.15) is 5.10 Å². The highest BCUT2D eigenvalue weighted by molar-refractivity contribution is 6.01. The molecule has 2 saturated heterocycles. The van der Waals surface area contributed by atoms with Crippen molar-refractivity contribution in [2.45, 2.75) is 19.3 Å². The van der Waals surface area contributed by atoms with Gasteiger partial charge in [0.15, 0.2) is 0 Å². The van der Waals surface area contributed by atoms with Crippen LogP contribution in [0.4, 0.5) is 5.69 Å². The number of anilines is 1. The third-order valence-corrected chi connectivity index (χ3v) is 5.19. The van der Waals surface area contributed by atoms with Crippen LogP contribution in [0, 0.1) is 5.41 Å². The lowest BCUT2D eigenvalue weighted by Gasteiger charge is -2.38. The Morgan fingerprint density at radius 1 is 1.16 bits per heavy atom. The maximum atomic E-state index is 13.1. The highest BCUT2D eigenvalue weighted by Crippen LogP contribution is 2.41. The van der Waals surface area contributed by atoms with Gasteiger partial charge in [-0.25, -0.2) is 9.97 Å². The van der Waals surface area contributed by atoms with E-state index in [9.17, 15) is 9.59 Å². The normalized spacial score (nSPS) is 23.5. The highest BCUT2D eigenvalue weighted by Gasteiger charge is 2.50. The Kier molecular flexibility index (Phi) is 3.74. The molecule has 4 rings (SSSR count). The topological polar surface area (TPSA) is 84.2 Å². The summed E-state index contributed by atoms with van der Waals surface area (Å²) in [7, 11) is 1.79. The molecule has 2 amide bonds. The molecule has 2 aromatic heterocycles. The Labute approximate surface area is 145 Å². The summed E-state index contributed by atoms with van der Waals surface area (Å²) in [5.74, 6) is 0.0208. The second-order valence-corrected chi connectivity index (χ2v) is 6.82. The average molecular weight is 340 g/mol. The minimum atomic E-state index is -0.494. The van der Waals surface area contributed by atoms with E-state index in [-0.39, 0.29) is 11.8 Å². The first-order chi connectivity index (χ1) is 12.1. The molecule has 130 valence electrons. The van der Waals surface area contributed by atoms with E-state index >= 15 is 0 Å². The largest absolute Gasteiger partial charge is 0.337 e. The Morgan fingerprint density at radius 2 is 1.96 bits per heavy atom. The number of aromatic nitrogens is 4. The number of carbonyl (C=O) groups excluding carboxylic acids is 2. The van der Waals surface area contributed by atoms with Crippen LogP contribution in [0.5, 0.6) is 0 Å². The predicted octanol–water partition coefficient (Wildman–Crippen LogP) is 0.869. The third kappa shape index (κ3) is 2.67. The lowest BCUT2D eigenvalue weighted by molar-refractivity contribution is -0.127. The van der Waals surface area contributed by atoms with Crippen molar-refractivity contribution in [3.8, 4) is 0 Å². The zero-order valence-corrected chi connectivity index (χ0v) is 14.1. The first kappa shape index (κ1) is 15.7. The van der Waals surface area contributed by atoms with E-state index in [0.29, 0.717) is 25.2 Å². The molecule has 2 aromatic rings. The standard InChI is InChI=1S/C17H20N6O2/c1-21-10-13(7-20-21)15(24)22-5-2-3-17(11-22)4-6-23(16(17)25)14-8-18-12-19-9-14/h7-10,12H,2-6,11H2,1H3/t17-/m1/s1. The Hall–Kier alpha value is -2.77. The number of hydrogen-bond acceptors (Lipinski definition) is 5. The van der Waals surface area contributed by atoms with Crippen molar-refractivity contribution in [1.82, 2.24) is 24.6 Å². The molecule has 25 heavy (non-hydrogen) atoms. The van der Waals surface area contributed by atoms with Gasteiger partial charge in [-0.1, -0.05) is 0 Å². The summed E-state index contributed by atoms with van der Waals surface area (Å²) in [5.41, 5.74) is 0.796. The van der Waals surface area contributed by atoms with Crippen LogP contribution >= 0.6 is 0 Å². The molecular formula is C17H20N6O2. The van der Waals surface area contributed by atoms with Crippen molar-refractivity contribution in [2.75, 3.05) is 24.5 Å². The lowest BCUT2D eigenvalue weighted by Crippen LogP contribution is -2.49. The van der Waals surface area contributed by atoms with Crippen LogP contribution in [0.15, 0.2) is 31.1 Å². The maximum absolute atomic E-state index is 13.1. The van der Waals surface area contributed by atoms with E-state index < -0.39 is 5.41 Å². The van der Waals surface area contributed by atoms with Crippen molar-refractivity contribution in [3.63, 3.8) is 0 Å². The number of aryl methyl sites for hydroxylation is 1. The molecule has 0 aliphatic carbocycles. The van der Waals surface area contributed by atoms with Crippen LogP contribution in [-0.2, 0) is 11.8 Å². The Morgan fingerprint density at radius 3 is 2.68 bits per heavy atom. The minimum absolute atomic E-state index is 0.0542. The van der Waals surface area contributed by atoms with Gasteiger partial charge in [0.25, 0.3) is 5.91 Å². The Bertz CT molecular complexity index is 804. The molecule has 0 radical (unpaired) electrons.